The summed E-state index contributed by atoms with van der Waals surface area (Å²) in [7, 11) is 1.82. The van der Waals surface area contributed by atoms with Crippen molar-refractivity contribution in [2.75, 3.05) is 13.1 Å². The lowest BCUT2D eigenvalue weighted by atomic mass is 10.0. The maximum Gasteiger partial charge on any atom is 0.274 e. The molecule has 3 aromatic rings. The van der Waals surface area contributed by atoms with Gasteiger partial charge in [-0.25, -0.2) is 4.98 Å². The molecule has 0 radical (unpaired) electrons. The van der Waals surface area contributed by atoms with Crippen LogP contribution in [0.1, 0.15) is 28.3 Å². The second-order valence-electron chi connectivity index (χ2n) is 7.83. The van der Waals surface area contributed by atoms with Crippen molar-refractivity contribution in [3.05, 3.63) is 59.8 Å². The lowest BCUT2D eigenvalue weighted by Gasteiger charge is -2.35. The highest BCUT2D eigenvalue weighted by Crippen LogP contribution is 2.35. The average Bonchev–Trinajstić information content (AvgIpc) is 3.41. The molecule has 28 heavy (non-hydrogen) atoms. The van der Waals surface area contributed by atoms with Gasteiger partial charge in [0.1, 0.15) is 23.7 Å². The molecule has 5 rings (SSSR count). The number of likely N-dealkylation sites (tertiary alicyclic amines) is 1. The van der Waals surface area contributed by atoms with E-state index in [1.165, 1.54) is 5.56 Å². The lowest BCUT2D eigenvalue weighted by molar-refractivity contribution is -0.0804. The van der Waals surface area contributed by atoms with Gasteiger partial charge in [-0.3, -0.25) is 9.48 Å². The van der Waals surface area contributed by atoms with E-state index in [1.54, 1.807) is 16.9 Å². The molecule has 1 fully saturated rings. The van der Waals surface area contributed by atoms with Gasteiger partial charge in [-0.1, -0.05) is 29.8 Å². The molecule has 0 N–H and O–H groups in total. The molecular weight excluding hydrogens is 354 g/mol. The number of aromatic nitrogens is 4. The van der Waals surface area contributed by atoms with Crippen LogP contribution >= 0.6 is 0 Å². The molecule has 0 saturated carbocycles. The number of aryl methyl sites for hydroxylation is 2. The fraction of sp³-hybridized carbons (Fsp3) is 0.381. The smallest absolute Gasteiger partial charge is 0.274 e. The van der Waals surface area contributed by atoms with E-state index in [9.17, 15) is 4.79 Å². The molecule has 144 valence electrons. The van der Waals surface area contributed by atoms with Crippen LogP contribution in [0.5, 0.6) is 0 Å². The number of carbonyl (C=O) groups is 1. The summed E-state index contributed by atoms with van der Waals surface area (Å²) in [6.07, 6.45) is 4.53. The summed E-state index contributed by atoms with van der Waals surface area (Å²) in [4.78, 5) is 19.2. The van der Waals surface area contributed by atoms with Crippen LogP contribution in [-0.2, 0) is 24.9 Å². The molecule has 4 heterocycles. The fourth-order valence-electron chi connectivity index (χ4n) is 4.17. The Morgan fingerprint density at radius 2 is 2.00 bits per heavy atom. The highest BCUT2D eigenvalue weighted by atomic mass is 16.5. The maximum absolute atomic E-state index is 12.8. The summed E-state index contributed by atoms with van der Waals surface area (Å²) in [6, 6.07) is 10.3. The Hall–Kier alpha value is -2.93. The normalized spacial score (nSPS) is 21.3. The summed E-state index contributed by atoms with van der Waals surface area (Å²) in [5.41, 5.74) is 3.62. The first-order valence-corrected chi connectivity index (χ1v) is 9.57. The molecule has 1 amide bonds. The second kappa shape index (κ2) is 6.31. The standard InChI is InChI=1S/C21H23N5O2/c1-15-3-5-16(6-4-15)18-11-22-19-12-28-21(14-26(18)19)8-10-25(13-21)20(27)17-7-9-24(2)23-17/h3-7,9,11H,8,10,12-14H2,1-2H3/t21-/m0/s1. The topological polar surface area (TPSA) is 65.2 Å². The SMILES string of the molecule is Cc1ccc(-c2cnc3n2C[C@@]2(CCN(C(=O)c4ccn(C)n4)C2)OC3)cc1. The van der Waals surface area contributed by atoms with Gasteiger partial charge in [0.2, 0.25) is 0 Å². The van der Waals surface area contributed by atoms with Crippen molar-refractivity contribution < 1.29 is 9.53 Å². The molecule has 2 aromatic heterocycles. The molecule has 1 saturated heterocycles. The van der Waals surface area contributed by atoms with Gasteiger partial charge in [0.25, 0.3) is 5.91 Å². The van der Waals surface area contributed by atoms with Gasteiger partial charge in [-0.05, 0) is 25.0 Å². The van der Waals surface area contributed by atoms with Crippen molar-refractivity contribution in [1.82, 2.24) is 24.2 Å². The Morgan fingerprint density at radius 3 is 2.75 bits per heavy atom. The third kappa shape index (κ3) is 2.82. The quantitative estimate of drug-likeness (QED) is 0.688. The van der Waals surface area contributed by atoms with Crippen LogP contribution in [0, 0.1) is 6.92 Å². The molecule has 1 aromatic carbocycles. The third-order valence-corrected chi connectivity index (χ3v) is 5.78. The monoisotopic (exact) mass is 377 g/mol. The van der Waals surface area contributed by atoms with Crippen LogP contribution in [0.3, 0.4) is 0 Å². The lowest BCUT2D eigenvalue weighted by Crippen LogP contribution is -2.45. The van der Waals surface area contributed by atoms with Gasteiger partial charge in [-0.15, -0.1) is 0 Å². The van der Waals surface area contributed by atoms with Crippen molar-refractivity contribution in [1.29, 1.82) is 0 Å². The number of benzene rings is 1. The fourth-order valence-corrected chi connectivity index (χ4v) is 4.17. The van der Waals surface area contributed by atoms with Crippen molar-refractivity contribution in [2.45, 2.75) is 32.1 Å². The molecule has 2 aliphatic rings. The Bertz CT molecular complexity index is 1040. The summed E-state index contributed by atoms with van der Waals surface area (Å²) in [5.74, 6) is 0.909. The molecule has 1 spiro atoms. The van der Waals surface area contributed by atoms with Gasteiger partial charge in [0.15, 0.2) is 0 Å². The number of imidazole rings is 1. The van der Waals surface area contributed by atoms with E-state index in [4.69, 9.17) is 4.74 Å². The number of nitrogens with zero attached hydrogens (tertiary/aromatic N) is 5. The number of rotatable bonds is 2. The first-order chi connectivity index (χ1) is 13.5. The van der Waals surface area contributed by atoms with Crippen LogP contribution in [0.4, 0.5) is 0 Å². The maximum atomic E-state index is 12.8. The molecule has 7 nitrogen and oxygen atoms in total. The van der Waals surface area contributed by atoms with E-state index in [-0.39, 0.29) is 11.5 Å². The zero-order valence-corrected chi connectivity index (χ0v) is 16.1. The minimum atomic E-state index is -0.364. The minimum absolute atomic E-state index is 0.0312. The molecule has 0 unspecified atom stereocenters. The largest absolute Gasteiger partial charge is 0.363 e. The van der Waals surface area contributed by atoms with Crippen molar-refractivity contribution >= 4 is 5.91 Å². The minimum Gasteiger partial charge on any atom is -0.363 e. The summed E-state index contributed by atoms with van der Waals surface area (Å²) >= 11 is 0. The summed E-state index contributed by atoms with van der Waals surface area (Å²) in [6.45, 7) is 4.52. The van der Waals surface area contributed by atoms with E-state index in [1.807, 2.05) is 18.1 Å². The number of amides is 1. The Labute approximate surface area is 163 Å². The predicted molar refractivity (Wildman–Crippen MR) is 104 cm³/mol. The van der Waals surface area contributed by atoms with Crippen LogP contribution in [0.25, 0.3) is 11.3 Å². The number of fused-ring (bicyclic) bond motifs is 1. The van der Waals surface area contributed by atoms with Crippen LogP contribution in [-0.4, -0.2) is 48.8 Å². The van der Waals surface area contributed by atoms with Gasteiger partial charge < -0.3 is 14.2 Å². The van der Waals surface area contributed by atoms with E-state index >= 15 is 0 Å². The number of carbonyl (C=O) groups excluding carboxylic acids is 1. The van der Waals surface area contributed by atoms with Gasteiger partial charge in [0, 0.05) is 19.8 Å². The predicted octanol–water partition coefficient (Wildman–Crippen LogP) is 2.41. The number of hydrogen-bond donors (Lipinski definition) is 0. The van der Waals surface area contributed by atoms with Gasteiger partial charge in [0.05, 0.1) is 25.0 Å². The molecule has 0 bridgehead atoms. The van der Waals surface area contributed by atoms with Gasteiger partial charge in [-0.2, -0.15) is 5.10 Å². The molecule has 0 aliphatic carbocycles. The molecular formula is C21H23N5O2. The average molecular weight is 377 g/mol. The molecule has 7 heteroatoms. The summed E-state index contributed by atoms with van der Waals surface area (Å²) in [5, 5.41) is 4.25. The Balaban J connectivity index is 1.39. The first kappa shape index (κ1) is 17.2. The number of ether oxygens (including phenoxy) is 1. The first-order valence-electron chi connectivity index (χ1n) is 9.57. The second-order valence-corrected chi connectivity index (χ2v) is 7.83. The van der Waals surface area contributed by atoms with Gasteiger partial charge >= 0.3 is 0 Å². The van der Waals surface area contributed by atoms with E-state index in [2.05, 4.69) is 45.8 Å². The van der Waals surface area contributed by atoms with Crippen molar-refractivity contribution in [3.63, 3.8) is 0 Å². The van der Waals surface area contributed by atoms with Crippen molar-refractivity contribution in [2.24, 2.45) is 7.05 Å². The molecule has 2 aliphatic heterocycles. The Kier molecular flexibility index (Phi) is 3.87. The third-order valence-electron chi connectivity index (χ3n) is 5.78. The highest BCUT2D eigenvalue weighted by Gasteiger charge is 2.45. The van der Waals surface area contributed by atoms with Crippen LogP contribution in [0.15, 0.2) is 42.7 Å². The van der Waals surface area contributed by atoms with Crippen molar-refractivity contribution in [3.8, 4) is 11.3 Å². The van der Waals surface area contributed by atoms with E-state index in [0.29, 0.717) is 31.9 Å². The van der Waals surface area contributed by atoms with E-state index in [0.717, 1.165) is 23.5 Å². The van der Waals surface area contributed by atoms with E-state index < -0.39 is 0 Å². The zero-order chi connectivity index (χ0) is 19.3. The van der Waals surface area contributed by atoms with Crippen LogP contribution in [0.2, 0.25) is 0 Å². The highest BCUT2D eigenvalue weighted by molar-refractivity contribution is 5.92. The number of hydrogen-bond acceptors (Lipinski definition) is 4. The Morgan fingerprint density at radius 1 is 1.18 bits per heavy atom. The molecule has 1 atom stereocenters. The van der Waals surface area contributed by atoms with Crippen LogP contribution < -0.4 is 0 Å². The summed E-state index contributed by atoms with van der Waals surface area (Å²) < 4.78 is 10.1. The zero-order valence-electron chi connectivity index (χ0n) is 16.1.